The highest BCUT2D eigenvalue weighted by Crippen LogP contribution is 2.17. The highest BCUT2D eigenvalue weighted by molar-refractivity contribution is 5.67. The summed E-state index contributed by atoms with van der Waals surface area (Å²) in [7, 11) is 0. The van der Waals surface area contributed by atoms with Crippen molar-refractivity contribution in [3.63, 3.8) is 0 Å². The third-order valence-corrected chi connectivity index (χ3v) is 3.40. The van der Waals surface area contributed by atoms with E-state index in [9.17, 15) is 4.79 Å². The molecule has 1 aromatic heterocycles. The Morgan fingerprint density at radius 2 is 2.04 bits per heavy atom. The molecule has 1 amide bonds. The van der Waals surface area contributed by atoms with Gasteiger partial charge < -0.3 is 21.5 Å². The summed E-state index contributed by atoms with van der Waals surface area (Å²) < 4.78 is 5.13. The first-order valence-corrected chi connectivity index (χ1v) is 7.70. The van der Waals surface area contributed by atoms with Gasteiger partial charge in [0.1, 0.15) is 12.4 Å². The van der Waals surface area contributed by atoms with Crippen LogP contribution in [0, 0.1) is 6.92 Å². The van der Waals surface area contributed by atoms with Gasteiger partial charge in [-0.2, -0.15) is 0 Å². The van der Waals surface area contributed by atoms with Gasteiger partial charge in [0.2, 0.25) is 0 Å². The molecular formula is C18H22N4O2. The lowest BCUT2D eigenvalue weighted by atomic mass is 10.1. The van der Waals surface area contributed by atoms with Crippen molar-refractivity contribution in [1.29, 1.82) is 0 Å². The largest absolute Gasteiger partial charge is 0.445 e. The number of nitrogens with two attached hydrogens (primary N) is 2. The second-order valence-corrected chi connectivity index (χ2v) is 5.32. The second-order valence-electron chi connectivity index (χ2n) is 5.32. The number of nitrogens with zero attached hydrogens (tertiary/aromatic N) is 1. The molecule has 0 saturated carbocycles. The molecular weight excluding hydrogens is 304 g/mol. The van der Waals surface area contributed by atoms with Crippen molar-refractivity contribution in [3.05, 3.63) is 59.3 Å². The van der Waals surface area contributed by atoms with Crippen LogP contribution >= 0.6 is 0 Å². The number of nitrogens with one attached hydrogen (secondary N) is 1. The minimum Gasteiger partial charge on any atom is -0.445 e. The molecule has 0 atom stereocenters. The molecule has 0 unspecified atom stereocenters. The van der Waals surface area contributed by atoms with Crippen molar-refractivity contribution in [2.24, 2.45) is 0 Å². The molecule has 6 heteroatoms. The normalized spacial score (nSPS) is 10.7. The maximum absolute atomic E-state index is 11.6. The second kappa shape index (κ2) is 8.57. The van der Waals surface area contributed by atoms with Crippen LogP contribution in [0.5, 0.6) is 0 Å². The van der Waals surface area contributed by atoms with Crippen molar-refractivity contribution < 1.29 is 9.53 Å². The molecule has 1 aromatic carbocycles. The van der Waals surface area contributed by atoms with Gasteiger partial charge in [0.15, 0.2) is 0 Å². The zero-order valence-corrected chi connectivity index (χ0v) is 13.7. The van der Waals surface area contributed by atoms with Gasteiger partial charge in [-0.1, -0.05) is 42.5 Å². The van der Waals surface area contributed by atoms with Crippen molar-refractivity contribution in [1.82, 2.24) is 10.3 Å². The molecule has 0 spiro atoms. The number of ether oxygens (including phenoxy) is 1. The van der Waals surface area contributed by atoms with E-state index < -0.39 is 6.09 Å². The van der Waals surface area contributed by atoms with E-state index in [4.69, 9.17) is 16.2 Å². The fraction of sp³-hybridized carbons (Fsp3) is 0.222. The first-order chi connectivity index (χ1) is 11.6. The van der Waals surface area contributed by atoms with Crippen molar-refractivity contribution in [2.75, 3.05) is 18.0 Å². The highest BCUT2D eigenvalue weighted by atomic mass is 16.5. The SMILES string of the molecule is Cc1nc(N)c(N)cc1C=CCCNC(=O)OCc1ccccc1. The molecule has 2 rings (SSSR count). The van der Waals surface area contributed by atoms with Gasteiger partial charge in [-0.25, -0.2) is 9.78 Å². The molecule has 6 nitrogen and oxygen atoms in total. The number of carbonyl (C=O) groups excluding carboxylic acids is 1. The van der Waals surface area contributed by atoms with Gasteiger partial charge in [-0.3, -0.25) is 0 Å². The Balaban J connectivity index is 1.70. The summed E-state index contributed by atoms with van der Waals surface area (Å²) in [6, 6.07) is 11.3. The van der Waals surface area contributed by atoms with E-state index in [1.165, 1.54) is 0 Å². The number of aromatic nitrogens is 1. The van der Waals surface area contributed by atoms with Crippen molar-refractivity contribution in [2.45, 2.75) is 20.0 Å². The number of carbonyl (C=O) groups is 1. The molecule has 126 valence electrons. The lowest BCUT2D eigenvalue weighted by Gasteiger charge is -2.06. The predicted octanol–water partition coefficient (Wildman–Crippen LogP) is 2.88. The van der Waals surface area contributed by atoms with Crippen LogP contribution in [0.3, 0.4) is 0 Å². The fourth-order valence-corrected chi connectivity index (χ4v) is 2.07. The minimum absolute atomic E-state index is 0.262. The van der Waals surface area contributed by atoms with E-state index in [0.717, 1.165) is 16.8 Å². The average Bonchev–Trinajstić information content (AvgIpc) is 2.58. The van der Waals surface area contributed by atoms with Crippen LogP contribution in [0.4, 0.5) is 16.3 Å². The zero-order chi connectivity index (χ0) is 17.4. The molecule has 0 radical (unpaired) electrons. The molecule has 5 N–H and O–H groups in total. The summed E-state index contributed by atoms with van der Waals surface area (Å²) in [6.07, 6.45) is 4.10. The van der Waals surface area contributed by atoms with Crippen LogP contribution in [0.15, 0.2) is 42.5 Å². The Bertz CT molecular complexity index is 714. The smallest absolute Gasteiger partial charge is 0.407 e. The topological polar surface area (TPSA) is 103 Å². The number of alkyl carbamates (subject to hydrolysis) is 1. The first kappa shape index (κ1) is 17.3. The first-order valence-electron chi connectivity index (χ1n) is 7.70. The van der Waals surface area contributed by atoms with Crippen LogP contribution < -0.4 is 16.8 Å². The van der Waals surface area contributed by atoms with Gasteiger partial charge in [-0.15, -0.1) is 0 Å². The summed E-state index contributed by atoms with van der Waals surface area (Å²) in [5.41, 5.74) is 14.5. The number of amides is 1. The Morgan fingerprint density at radius 1 is 1.29 bits per heavy atom. The average molecular weight is 326 g/mol. The Labute approximate surface area is 141 Å². The summed E-state index contributed by atoms with van der Waals surface area (Å²) in [5, 5.41) is 2.70. The quantitative estimate of drug-likeness (QED) is 0.708. The number of aryl methyl sites for hydroxylation is 1. The molecule has 0 aliphatic heterocycles. The third kappa shape index (κ3) is 5.31. The van der Waals surface area contributed by atoms with Gasteiger partial charge >= 0.3 is 6.09 Å². The molecule has 0 saturated heterocycles. The number of hydrogen-bond donors (Lipinski definition) is 3. The molecule has 1 heterocycles. The highest BCUT2D eigenvalue weighted by Gasteiger charge is 2.02. The van der Waals surface area contributed by atoms with Gasteiger partial charge in [0, 0.05) is 12.2 Å². The van der Waals surface area contributed by atoms with E-state index in [2.05, 4.69) is 10.3 Å². The maximum Gasteiger partial charge on any atom is 0.407 e. The predicted molar refractivity (Wildman–Crippen MR) is 96.1 cm³/mol. The number of benzene rings is 1. The monoisotopic (exact) mass is 326 g/mol. The van der Waals surface area contributed by atoms with Crippen molar-refractivity contribution >= 4 is 23.7 Å². The molecule has 2 aromatic rings. The third-order valence-electron chi connectivity index (χ3n) is 3.40. The Hall–Kier alpha value is -3.02. The molecule has 24 heavy (non-hydrogen) atoms. The standard InChI is InChI=1S/C18H22N4O2/c1-13-15(11-16(19)17(20)22-13)9-5-6-10-21-18(23)24-12-14-7-3-2-4-8-14/h2-5,7-9,11H,6,10,12,19H2,1H3,(H2,20,22)(H,21,23). The van der Waals surface area contributed by atoms with Crippen LogP contribution in [-0.2, 0) is 11.3 Å². The van der Waals surface area contributed by atoms with Crippen molar-refractivity contribution in [3.8, 4) is 0 Å². The lowest BCUT2D eigenvalue weighted by Crippen LogP contribution is -2.24. The van der Waals surface area contributed by atoms with E-state index in [1.54, 1.807) is 6.07 Å². The number of hydrogen-bond acceptors (Lipinski definition) is 5. The van der Waals surface area contributed by atoms with E-state index in [1.807, 2.05) is 49.4 Å². The number of rotatable bonds is 6. The maximum atomic E-state index is 11.6. The fourth-order valence-electron chi connectivity index (χ4n) is 2.07. The zero-order valence-electron chi connectivity index (χ0n) is 13.7. The summed E-state index contributed by atoms with van der Waals surface area (Å²) >= 11 is 0. The molecule has 0 fully saturated rings. The van der Waals surface area contributed by atoms with Gasteiger partial charge in [0.05, 0.1) is 5.69 Å². The van der Waals surface area contributed by atoms with Gasteiger partial charge in [0.25, 0.3) is 0 Å². The van der Waals surface area contributed by atoms with E-state index in [-0.39, 0.29) is 6.61 Å². The molecule has 0 aliphatic rings. The van der Waals surface area contributed by atoms with Crippen LogP contribution in [0.2, 0.25) is 0 Å². The Kier molecular flexibility index (Phi) is 6.19. The lowest BCUT2D eigenvalue weighted by molar-refractivity contribution is 0.140. The number of pyridine rings is 1. The summed E-state index contributed by atoms with van der Waals surface area (Å²) in [4.78, 5) is 15.8. The molecule has 0 bridgehead atoms. The van der Waals surface area contributed by atoms with E-state index >= 15 is 0 Å². The molecule has 0 aliphatic carbocycles. The van der Waals surface area contributed by atoms with E-state index in [0.29, 0.717) is 24.5 Å². The van der Waals surface area contributed by atoms with Crippen LogP contribution in [-0.4, -0.2) is 17.6 Å². The Morgan fingerprint density at radius 3 is 2.79 bits per heavy atom. The summed E-state index contributed by atoms with van der Waals surface area (Å²) in [6.45, 7) is 2.62. The number of nitrogen functional groups attached to an aromatic ring is 2. The van der Waals surface area contributed by atoms with Crippen LogP contribution in [0.1, 0.15) is 23.2 Å². The number of anilines is 2. The summed E-state index contributed by atoms with van der Waals surface area (Å²) in [5.74, 6) is 0.340. The van der Waals surface area contributed by atoms with Crippen LogP contribution in [0.25, 0.3) is 6.08 Å². The minimum atomic E-state index is -0.429. The van der Waals surface area contributed by atoms with Gasteiger partial charge in [-0.05, 0) is 30.5 Å².